The van der Waals surface area contributed by atoms with Crippen LogP contribution >= 0.6 is 11.3 Å². The minimum absolute atomic E-state index is 0.142. The van der Waals surface area contributed by atoms with Crippen molar-refractivity contribution < 1.29 is 23.9 Å². The molecule has 2 rings (SSSR count). The van der Waals surface area contributed by atoms with E-state index in [1.807, 2.05) is 17.5 Å². The highest BCUT2D eigenvalue weighted by atomic mass is 32.1. The van der Waals surface area contributed by atoms with Crippen molar-refractivity contribution in [1.29, 1.82) is 0 Å². The van der Waals surface area contributed by atoms with Crippen LogP contribution in [-0.2, 0) is 14.3 Å². The van der Waals surface area contributed by atoms with Gasteiger partial charge in [-0.1, -0.05) is 6.07 Å². The fourth-order valence-corrected chi connectivity index (χ4v) is 2.52. The Morgan fingerprint density at radius 3 is 2.46 bits per heavy atom. The Bertz CT molecular complexity index is 780. The Kier molecular flexibility index (Phi) is 5.86. The van der Waals surface area contributed by atoms with Crippen molar-refractivity contribution in [2.45, 2.75) is 0 Å². The molecule has 0 spiro atoms. The summed E-state index contributed by atoms with van der Waals surface area (Å²) in [4.78, 5) is 36.4. The molecule has 0 saturated heterocycles. The molecular weight excluding hydrogens is 330 g/mol. The Balaban J connectivity index is 2.26. The number of methoxy groups -OCH3 is 2. The first kappa shape index (κ1) is 17.4. The zero-order valence-electron chi connectivity index (χ0n) is 13.1. The SMILES string of the molecule is COC(=O)c1ccc(C(=O)OC)c(NC(=O)C=Cc2cccs2)c1. The zero-order chi connectivity index (χ0) is 17.5. The molecule has 0 fully saturated rings. The van der Waals surface area contributed by atoms with E-state index >= 15 is 0 Å². The van der Waals surface area contributed by atoms with Gasteiger partial charge in [-0.25, -0.2) is 9.59 Å². The summed E-state index contributed by atoms with van der Waals surface area (Å²) in [5.74, 6) is -1.63. The highest BCUT2D eigenvalue weighted by Gasteiger charge is 2.16. The summed E-state index contributed by atoms with van der Waals surface area (Å²) in [5, 5.41) is 4.47. The van der Waals surface area contributed by atoms with Crippen molar-refractivity contribution in [3.63, 3.8) is 0 Å². The van der Waals surface area contributed by atoms with Gasteiger partial charge in [0.05, 0.1) is 31.0 Å². The monoisotopic (exact) mass is 345 g/mol. The van der Waals surface area contributed by atoms with E-state index in [4.69, 9.17) is 0 Å². The molecule has 0 atom stereocenters. The van der Waals surface area contributed by atoms with E-state index < -0.39 is 17.8 Å². The molecule has 1 aromatic carbocycles. The zero-order valence-corrected chi connectivity index (χ0v) is 13.9. The predicted molar refractivity (Wildman–Crippen MR) is 91.1 cm³/mol. The molecule has 24 heavy (non-hydrogen) atoms. The molecule has 0 aliphatic rings. The lowest BCUT2D eigenvalue weighted by atomic mass is 10.1. The van der Waals surface area contributed by atoms with E-state index in [1.54, 1.807) is 6.08 Å². The summed E-state index contributed by atoms with van der Waals surface area (Å²) in [5.41, 5.74) is 0.524. The van der Waals surface area contributed by atoms with Crippen LogP contribution in [0.1, 0.15) is 25.6 Å². The standard InChI is InChI=1S/C17H15NO5S/c1-22-16(20)11-5-7-13(17(21)23-2)14(10-11)18-15(19)8-6-12-4-3-9-24-12/h3-10H,1-2H3,(H,18,19). The molecule has 124 valence electrons. The second kappa shape index (κ2) is 8.07. The number of thiophene rings is 1. The molecule has 0 saturated carbocycles. The number of ether oxygens (including phenoxy) is 2. The van der Waals surface area contributed by atoms with Crippen LogP contribution < -0.4 is 5.32 Å². The molecule has 1 N–H and O–H groups in total. The van der Waals surface area contributed by atoms with Crippen LogP contribution in [0.4, 0.5) is 5.69 Å². The first-order valence-corrected chi connectivity index (χ1v) is 7.76. The summed E-state index contributed by atoms with van der Waals surface area (Å²) in [6.45, 7) is 0. The highest BCUT2D eigenvalue weighted by molar-refractivity contribution is 7.10. The molecule has 0 aliphatic carbocycles. The third kappa shape index (κ3) is 4.30. The van der Waals surface area contributed by atoms with Gasteiger partial charge in [0.2, 0.25) is 5.91 Å². The lowest BCUT2D eigenvalue weighted by Crippen LogP contribution is -2.14. The maximum Gasteiger partial charge on any atom is 0.339 e. The van der Waals surface area contributed by atoms with Crippen molar-refractivity contribution in [1.82, 2.24) is 0 Å². The van der Waals surface area contributed by atoms with Crippen LogP contribution in [0.25, 0.3) is 6.08 Å². The van der Waals surface area contributed by atoms with Gasteiger partial charge in [0, 0.05) is 11.0 Å². The Labute approximate surface area is 142 Å². The van der Waals surface area contributed by atoms with Crippen LogP contribution in [0.15, 0.2) is 41.8 Å². The number of anilines is 1. The fraction of sp³-hybridized carbons (Fsp3) is 0.118. The Hall–Kier alpha value is -2.93. The number of rotatable bonds is 5. The van der Waals surface area contributed by atoms with Gasteiger partial charge in [-0.2, -0.15) is 0 Å². The van der Waals surface area contributed by atoms with Gasteiger partial charge in [-0.05, 0) is 35.7 Å². The number of carbonyl (C=O) groups excluding carboxylic acids is 3. The first-order valence-electron chi connectivity index (χ1n) is 6.88. The third-order valence-electron chi connectivity index (χ3n) is 3.05. The molecule has 0 radical (unpaired) electrons. The van der Waals surface area contributed by atoms with Crippen molar-refractivity contribution in [2.75, 3.05) is 19.5 Å². The largest absolute Gasteiger partial charge is 0.465 e. The van der Waals surface area contributed by atoms with Gasteiger partial charge in [0.1, 0.15) is 0 Å². The molecule has 0 unspecified atom stereocenters. The number of esters is 2. The van der Waals surface area contributed by atoms with E-state index in [9.17, 15) is 14.4 Å². The summed E-state index contributed by atoms with van der Waals surface area (Å²) >= 11 is 1.49. The van der Waals surface area contributed by atoms with Crippen LogP contribution in [0, 0.1) is 0 Å². The smallest absolute Gasteiger partial charge is 0.339 e. The number of carbonyl (C=O) groups is 3. The Morgan fingerprint density at radius 2 is 1.83 bits per heavy atom. The molecular formula is C17H15NO5S. The summed E-state index contributed by atoms with van der Waals surface area (Å²) < 4.78 is 9.32. The number of hydrogen-bond donors (Lipinski definition) is 1. The number of hydrogen-bond acceptors (Lipinski definition) is 6. The van der Waals surface area contributed by atoms with Gasteiger partial charge in [0.15, 0.2) is 0 Å². The van der Waals surface area contributed by atoms with Gasteiger partial charge >= 0.3 is 11.9 Å². The Morgan fingerprint density at radius 1 is 1.08 bits per heavy atom. The van der Waals surface area contributed by atoms with Gasteiger partial charge in [0.25, 0.3) is 0 Å². The minimum Gasteiger partial charge on any atom is -0.465 e. The quantitative estimate of drug-likeness (QED) is 0.665. The number of amides is 1. The second-order valence-corrected chi connectivity index (χ2v) is 5.56. The molecule has 1 aromatic heterocycles. The molecule has 0 aliphatic heterocycles. The number of benzene rings is 1. The van der Waals surface area contributed by atoms with Crippen molar-refractivity contribution in [2.24, 2.45) is 0 Å². The topological polar surface area (TPSA) is 81.7 Å². The summed E-state index contributed by atoms with van der Waals surface area (Å²) in [7, 11) is 2.48. The van der Waals surface area contributed by atoms with Gasteiger partial charge in [-0.15, -0.1) is 11.3 Å². The van der Waals surface area contributed by atoms with E-state index in [0.717, 1.165) is 4.88 Å². The maximum atomic E-state index is 12.1. The lowest BCUT2D eigenvalue weighted by Gasteiger charge is -2.10. The molecule has 6 nitrogen and oxygen atoms in total. The van der Waals surface area contributed by atoms with Crippen molar-refractivity contribution >= 4 is 40.9 Å². The minimum atomic E-state index is -0.621. The number of nitrogens with one attached hydrogen (secondary N) is 1. The van der Waals surface area contributed by atoms with Gasteiger partial charge in [-0.3, -0.25) is 4.79 Å². The van der Waals surface area contributed by atoms with Crippen LogP contribution in [0.5, 0.6) is 0 Å². The lowest BCUT2D eigenvalue weighted by molar-refractivity contribution is -0.111. The normalized spacial score (nSPS) is 10.4. The van der Waals surface area contributed by atoms with Gasteiger partial charge < -0.3 is 14.8 Å². The fourth-order valence-electron chi connectivity index (χ4n) is 1.90. The first-order chi connectivity index (χ1) is 11.5. The van der Waals surface area contributed by atoms with Crippen LogP contribution in [0.2, 0.25) is 0 Å². The average Bonchev–Trinajstić information content (AvgIpc) is 3.12. The van der Waals surface area contributed by atoms with E-state index in [0.29, 0.717) is 0 Å². The summed E-state index contributed by atoms with van der Waals surface area (Å²) in [6, 6.07) is 7.94. The highest BCUT2D eigenvalue weighted by Crippen LogP contribution is 2.20. The molecule has 0 bridgehead atoms. The molecule has 2 aromatic rings. The third-order valence-corrected chi connectivity index (χ3v) is 3.88. The molecule has 7 heteroatoms. The maximum absolute atomic E-state index is 12.1. The van der Waals surface area contributed by atoms with E-state index in [1.165, 1.54) is 49.8 Å². The van der Waals surface area contributed by atoms with Crippen LogP contribution in [-0.4, -0.2) is 32.1 Å². The van der Waals surface area contributed by atoms with Crippen molar-refractivity contribution in [3.8, 4) is 0 Å². The van der Waals surface area contributed by atoms with Crippen LogP contribution in [0.3, 0.4) is 0 Å². The molecule has 1 amide bonds. The van der Waals surface area contributed by atoms with E-state index in [2.05, 4.69) is 14.8 Å². The molecule has 1 heterocycles. The summed E-state index contributed by atoms with van der Waals surface area (Å²) in [6.07, 6.45) is 3.00. The second-order valence-electron chi connectivity index (χ2n) is 4.58. The van der Waals surface area contributed by atoms with E-state index in [-0.39, 0.29) is 16.8 Å². The predicted octanol–water partition coefficient (Wildman–Crippen LogP) is 2.97. The van der Waals surface area contributed by atoms with Crippen molar-refractivity contribution in [3.05, 3.63) is 57.8 Å². The average molecular weight is 345 g/mol.